The van der Waals surface area contributed by atoms with Gasteiger partial charge in [-0.3, -0.25) is 0 Å². The quantitative estimate of drug-likeness (QED) is 0.765. The van der Waals surface area contributed by atoms with E-state index in [1.165, 1.54) is 24.3 Å². The summed E-state index contributed by atoms with van der Waals surface area (Å²) in [5.41, 5.74) is 0.270. The third kappa shape index (κ3) is 1.73. The summed E-state index contributed by atoms with van der Waals surface area (Å²) in [6.45, 7) is 0. The van der Waals surface area contributed by atoms with E-state index in [9.17, 15) is 12.8 Å². The zero-order chi connectivity index (χ0) is 11.1. The van der Waals surface area contributed by atoms with Crippen LogP contribution in [0.2, 0.25) is 0 Å². The number of nitriles is 1. The number of hydrogen-bond acceptors (Lipinski definition) is 3. The van der Waals surface area contributed by atoms with E-state index in [2.05, 4.69) is 0 Å². The molecule has 0 spiro atoms. The lowest BCUT2D eigenvalue weighted by atomic mass is 10.2. The van der Waals surface area contributed by atoms with Crippen molar-refractivity contribution in [2.24, 2.45) is 0 Å². The molecule has 0 bridgehead atoms. The molecule has 1 saturated carbocycles. The molecule has 78 valence electrons. The third-order valence-corrected chi connectivity index (χ3v) is 4.54. The van der Waals surface area contributed by atoms with E-state index in [4.69, 9.17) is 5.26 Å². The average molecular weight is 225 g/mol. The van der Waals surface area contributed by atoms with E-state index in [0.29, 0.717) is 0 Å². The Balaban J connectivity index is 2.42. The molecule has 15 heavy (non-hydrogen) atoms. The van der Waals surface area contributed by atoms with E-state index in [1.54, 1.807) is 0 Å². The van der Waals surface area contributed by atoms with Gasteiger partial charge in [0.05, 0.1) is 21.8 Å². The SMILES string of the molecule is N#Cc1cccc(S(=O)(=O)[C@@H]2C[C@H]2F)c1. The summed E-state index contributed by atoms with van der Waals surface area (Å²) in [4.78, 5) is 0.0340. The molecule has 0 unspecified atom stereocenters. The first-order valence-electron chi connectivity index (χ1n) is 4.44. The monoisotopic (exact) mass is 225 g/mol. The van der Waals surface area contributed by atoms with Gasteiger partial charge in [-0.1, -0.05) is 6.07 Å². The Morgan fingerprint density at radius 3 is 2.67 bits per heavy atom. The molecule has 3 nitrogen and oxygen atoms in total. The highest BCUT2D eigenvalue weighted by molar-refractivity contribution is 7.92. The number of hydrogen-bond donors (Lipinski definition) is 0. The fraction of sp³-hybridized carbons (Fsp3) is 0.300. The average Bonchev–Trinajstić information content (AvgIpc) is 2.96. The van der Waals surface area contributed by atoms with Crippen molar-refractivity contribution in [1.82, 2.24) is 0 Å². The maximum atomic E-state index is 12.7. The van der Waals surface area contributed by atoms with E-state index < -0.39 is 21.3 Å². The standard InChI is InChI=1S/C10H8FNO2S/c11-9-5-10(9)15(13,14)8-3-1-2-7(4-8)6-12/h1-4,9-10H,5H2/t9-,10-/m1/s1. The Bertz CT molecular complexity index is 533. The lowest BCUT2D eigenvalue weighted by molar-refractivity contribution is 0.477. The van der Waals surface area contributed by atoms with Crippen LogP contribution in [0, 0.1) is 11.3 Å². The predicted octanol–water partition coefficient (Wildman–Crippen LogP) is 1.44. The molecule has 0 aliphatic heterocycles. The Labute approximate surface area is 87.1 Å². The van der Waals surface area contributed by atoms with Gasteiger partial charge < -0.3 is 0 Å². The Kier molecular flexibility index (Phi) is 2.24. The number of alkyl halides is 1. The summed E-state index contributed by atoms with van der Waals surface area (Å²) in [6, 6.07) is 7.52. The lowest BCUT2D eigenvalue weighted by Gasteiger charge is -2.01. The fourth-order valence-electron chi connectivity index (χ4n) is 1.38. The molecule has 0 saturated heterocycles. The molecule has 5 heteroatoms. The van der Waals surface area contributed by atoms with Crippen LogP contribution in [0.3, 0.4) is 0 Å². The first kappa shape index (κ1) is 10.1. The Morgan fingerprint density at radius 2 is 2.13 bits per heavy atom. The molecule has 0 heterocycles. The van der Waals surface area contributed by atoms with Gasteiger partial charge in [-0.25, -0.2) is 12.8 Å². The highest BCUT2D eigenvalue weighted by atomic mass is 32.2. The summed E-state index contributed by atoms with van der Waals surface area (Å²) < 4.78 is 36.1. The Hall–Kier alpha value is -1.41. The molecule has 1 aliphatic carbocycles. The second-order valence-electron chi connectivity index (χ2n) is 3.47. The van der Waals surface area contributed by atoms with Crippen LogP contribution in [0.5, 0.6) is 0 Å². The number of halogens is 1. The molecule has 1 aliphatic rings. The van der Waals surface area contributed by atoms with Gasteiger partial charge >= 0.3 is 0 Å². The summed E-state index contributed by atoms with van der Waals surface area (Å²) in [6.07, 6.45) is -1.18. The van der Waals surface area contributed by atoms with Gasteiger partial charge in [-0.05, 0) is 24.6 Å². The van der Waals surface area contributed by atoms with Gasteiger partial charge in [-0.15, -0.1) is 0 Å². The zero-order valence-corrected chi connectivity index (χ0v) is 8.54. The molecule has 1 aromatic rings. The van der Waals surface area contributed by atoms with Crippen LogP contribution in [0.25, 0.3) is 0 Å². The summed E-state index contributed by atoms with van der Waals surface area (Å²) >= 11 is 0. The van der Waals surface area contributed by atoms with Crippen molar-refractivity contribution in [2.45, 2.75) is 22.7 Å². The minimum atomic E-state index is -3.57. The van der Waals surface area contributed by atoms with Crippen LogP contribution in [0.15, 0.2) is 29.2 Å². The molecule has 1 fully saturated rings. The van der Waals surface area contributed by atoms with Crippen LogP contribution >= 0.6 is 0 Å². The van der Waals surface area contributed by atoms with E-state index in [0.717, 1.165) is 0 Å². The molecule has 0 N–H and O–H groups in total. The van der Waals surface area contributed by atoms with Crippen LogP contribution in [0.1, 0.15) is 12.0 Å². The van der Waals surface area contributed by atoms with Crippen LogP contribution in [-0.4, -0.2) is 19.8 Å². The summed E-state index contributed by atoms with van der Waals surface area (Å²) in [7, 11) is -3.57. The lowest BCUT2D eigenvalue weighted by Crippen LogP contribution is -2.09. The smallest absolute Gasteiger partial charge is 0.184 e. The van der Waals surface area contributed by atoms with Crippen molar-refractivity contribution in [1.29, 1.82) is 5.26 Å². The maximum Gasteiger partial charge on any atom is 0.184 e. The topological polar surface area (TPSA) is 57.9 Å². The Morgan fingerprint density at radius 1 is 1.47 bits per heavy atom. The van der Waals surface area contributed by atoms with Crippen molar-refractivity contribution in [3.8, 4) is 6.07 Å². The molecule has 0 aromatic heterocycles. The molecular formula is C10H8FNO2S. The minimum Gasteiger partial charge on any atom is -0.246 e. The highest BCUT2D eigenvalue weighted by Gasteiger charge is 2.48. The van der Waals surface area contributed by atoms with Crippen molar-refractivity contribution < 1.29 is 12.8 Å². The molecule has 0 radical (unpaired) electrons. The first-order chi connectivity index (χ1) is 7.05. The number of sulfone groups is 1. The summed E-state index contributed by atoms with van der Waals surface area (Å²) in [5, 5.41) is 7.70. The fourth-order valence-corrected chi connectivity index (χ4v) is 3.12. The van der Waals surface area contributed by atoms with E-state index in [1.807, 2.05) is 6.07 Å². The zero-order valence-electron chi connectivity index (χ0n) is 7.72. The minimum absolute atomic E-state index is 0.0340. The molecule has 0 amide bonds. The molecule has 1 aromatic carbocycles. The van der Waals surface area contributed by atoms with Crippen LogP contribution < -0.4 is 0 Å². The predicted molar refractivity (Wildman–Crippen MR) is 51.6 cm³/mol. The van der Waals surface area contributed by atoms with Crippen LogP contribution in [0.4, 0.5) is 4.39 Å². The van der Waals surface area contributed by atoms with Gasteiger partial charge in [0.25, 0.3) is 0 Å². The van der Waals surface area contributed by atoms with Gasteiger partial charge in [0.1, 0.15) is 6.17 Å². The highest BCUT2D eigenvalue weighted by Crippen LogP contribution is 2.36. The van der Waals surface area contributed by atoms with Crippen LogP contribution in [-0.2, 0) is 9.84 Å². The normalized spacial score (nSPS) is 24.5. The van der Waals surface area contributed by atoms with Gasteiger partial charge in [0.2, 0.25) is 0 Å². The first-order valence-corrected chi connectivity index (χ1v) is 5.98. The van der Waals surface area contributed by atoms with Crippen molar-refractivity contribution in [2.75, 3.05) is 0 Å². The largest absolute Gasteiger partial charge is 0.246 e. The number of nitrogens with zero attached hydrogens (tertiary/aromatic N) is 1. The second kappa shape index (κ2) is 3.31. The number of benzene rings is 1. The van der Waals surface area contributed by atoms with E-state index >= 15 is 0 Å². The van der Waals surface area contributed by atoms with Crippen molar-refractivity contribution in [3.05, 3.63) is 29.8 Å². The van der Waals surface area contributed by atoms with E-state index in [-0.39, 0.29) is 16.9 Å². The molecule has 2 rings (SSSR count). The van der Waals surface area contributed by atoms with Gasteiger partial charge in [0, 0.05) is 0 Å². The van der Waals surface area contributed by atoms with Crippen molar-refractivity contribution >= 4 is 9.84 Å². The number of rotatable bonds is 2. The molecular weight excluding hydrogens is 217 g/mol. The maximum absolute atomic E-state index is 12.7. The molecule has 2 atom stereocenters. The second-order valence-corrected chi connectivity index (χ2v) is 5.64. The van der Waals surface area contributed by atoms with Gasteiger partial charge in [-0.2, -0.15) is 5.26 Å². The van der Waals surface area contributed by atoms with Gasteiger partial charge in [0.15, 0.2) is 9.84 Å². The third-order valence-electron chi connectivity index (χ3n) is 2.35. The summed E-state index contributed by atoms with van der Waals surface area (Å²) in [5.74, 6) is 0. The van der Waals surface area contributed by atoms with Crippen molar-refractivity contribution in [3.63, 3.8) is 0 Å².